The second kappa shape index (κ2) is 6.65. The van der Waals surface area contributed by atoms with Crippen molar-refractivity contribution in [2.75, 3.05) is 6.61 Å². The average molecular weight is 362 g/mol. The number of aryl methyl sites for hydroxylation is 2. The Morgan fingerprint density at radius 1 is 1.15 bits per heavy atom. The van der Waals surface area contributed by atoms with E-state index in [2.05, 4.69) is 9.55 Å². The Morgan fingerprint density at radius 3 is 2.48 bits per heavy atom. The lowest BCUT2D eigenvalue weighted by molar-refractivity contribution is 0.0524. The zero-order chi connectivity index (χ0) is 19.1. The Labute approximate surface area is 157 Å². The van der Waals surface area contributed by atoms with Crippen LogP contribution >= 0.6 is 0 Å². The van der Waals surface area contributed by atoms with Crippen molar-refractivity contribution in [2.24, 2.45) is 0 Å². The van der Waals surface area contributed by atoms with E-state index in [1.54, 1.807) is 13.1 Å². The third kappa shape index (κ3) is 3.25. The summed E-state index contributed by atoms with van der Waals surface area (Å²) < 4.78 is 7.14. The summed E-state index contributed by atoms with van der Waals surface area (Å²) in [4.78, 5) is 29.5. The van der Waals surface area contributed by atoms with Gasteiger partial charge in [-0.15, -0.1) is 0 Å². The third-order valence-corrected chi connectivity index (χ3v) is 4.88. The van der Waals surface area contributed by atoms with Crippen LogP contribution in [0.4, 0.5) is 0 Å². The molecule has 0 unspecified atom stereocenters. The largest absolute Gasteiger partial charge is 0.462 e. The minimum absolute atomic E-state index is 0.111. The molecule has 0 aliphatic heterocycles. The van der Waals surface area contributed by atoms with Crippen LogP contribution in [-0.4, -0.2) is 22.1 Å². The summed E-state index contributed by atoms with van der Waals surface area (Å²) in [6.07, 6.45) is 3.78. The molecule has 0 atom stereocenters. The standard InChI is InChI=1S/C22H22N2O3/c1-4-27-22(26)19-12-24(17-6-7-17)20-11-15(5-8-18(20)21(19)25)16-9-13(2)23-14(3)10-16/h5,8-12,17H,4,6-7H2,1-3H3. The maximum Gasteiger partial charge on any atom is 0.343 e. The Kier molecular flexibility index (Phi) is 4.30. The molecule has 0 saturated heterocycles. The van der Waals surface area contributed by atoms with Crippen LogP contribution in [0.2, 0.25) is 0 Å². The minimum Gasteiger partial charge on any atom is -0.462 e. The van der Waals surface area contributed by atoms with E-state index in [0.717, 1.165) is 40.9 Å². The lowest BCUT2D eigenvalue weighted by Crippen LogP contribution is -2.20. The Bertz CT molecular complexity index is 1090. The first kappa shape index (κ1) is 17.5. The smallest absolute Gasteiger partial charge is 0.343 e. The molecule has 138 valence electrons. The molecule has 0 N–H and O–H groups in total. The molecule has 1 fully saturated rings. The molecule has 0 bridgehead atoms. The highest BCUT2D eigenvalue weighted by molar-refractivity contribution is 5.95. The fourth-order valence-electron chi connectivity index (χ4n) is 3.54. The second-order valence-electron chi connectivity index (χ2n) is 7.10. The van der Waals surface area contributed by atoms with E-state index in [0.29, 0.717) is 11.4 Å². The highest BCUT2D eigenvalue weighted by atomic mass is 16.5. The normalized spacial score (nSPS) is 13.7. The number of carbonyl (C=O) groups is 1. The lowest BCUT2D eigenvalue weighted by atomic mass is 10.0. The van der Waals surface area contributed by atoms with Gasteiger partial charge in [-0.3, -0.25) is 9.78 Å². The number of aromatic nitrogens is 2. The number of hydrogen-bond acceptors (Lipinski definition) is 4. The Morgan fingerprint density at radius 2 is 1.85 bits per heavy atom. The molecule has 4 rings (SSSR count). The molecule has 3 aromatic rings. The predicted molar refractivity (Wildman–Crippen MR) is 105 cm³/mol. The first-order valence-corrected chi connectivity index (χ1v) is 9.29. The Balaban J connectivity index is 1.93. The van der Waals surface area contributed by atoms with E-state index in [1.807, 2.05) is 44.2 Å². The van der Waals surface area contributed by atoms with E-state index < -0.39 is 5.97 Å². The highest BCUT2D eigenvalue weighted by Gasteiger charge is 2.27. The van der Waals surface area contributed by atoms with Gasteiger partial charge in [0.2, 0.25) is 5.43 Å². The van der Waals surface area contributed by atoms with Crippen LogP contribution in [0.3, 0.4) is 0 Å². The number of nitrogens with zero attached hydrogens (tertiary/aromatic N) is 2. The molecular weight excluding hydrogens is 340 g/mol. The van der Waals surface area contributed by atoms with Crippen molar-refractivity contribution < 1.29 is 9.53 Å². The van der Waals surface area contributed by atoms with E-state index in [4.69, 9.17) is 4.74 Å². The van der Waals surface area contributed by atoms with Gasteiger partial charge in [0.1, 0.15) is 5.56 Å². The van der Waals surface area contributed by atoms with Crippen molar-refractivity contribution in [3.63, 3.8) is 0 Å². The molecule has 1 aliphatic carbocycles. The van der Waals surface area contributed by atoms with Gasteiger partial charge in [-0.25, -0.2) is 4.79 Å². The molecule has 0 amide bonds. The lowest BCUT2D eigenvalue weighted by Gasteiger charge is -2.14. The minimum atomic E-state index is -0.553. The maximum atomic E-state index is 12.9. The average Bonchev–Trinajstić information content (AvgIpc) is 3.46. The van der Waals surface area contributed by atoms with Crippen LogP contribution in [0, 0.1) is 13.8 Å². The number of pyridine rings is 2. The third-order valence-electron chi connectivity index (χ3n) is 4.88. The number of esters is 1. The maximum absolute atomic E-state index is 12.9. The molecule has 1 aliphatic rings. The van der Waals surface area contributed by atoms with Crippen LogP contribution in [0.25, 0.3) is 22.0 Å². The summed E-state index contributed by atoms with van der Waals surface area (Å²) in [5.41, 5.74) is 4.73. The van der Waals surface area contributed by atoms with Gasteiger partial charge >= 0.3 is 5.97 Å². The number of ether oxygens (including phenoxy) is 1. The molecule has 5 heteroatoms. The number of hydrogen-bond donors (Lipinski definition) is 0. The van der Waals surface area contributed by atoms with E-state index >= 15 is 0 Å². The van der Waals surface area contributed by atoms with Gasteiger partial charge in [-0.1, -0.05) is 6.07 Å². The summed E-state index contributed by atoms with van der Waals surface area (Å²) in [6, 6.07) is 10.2. The molecule has 1 saturated carbocycles. The van der Waals surface area contributed by atoms with Gasteiger partial charge in [0.05, 0.1) is 12.1 Å². The summed E-state index contributed by atoms with van der Waals surface area (Å²) in [5.74, 6) is -0.553. The van der Waals surface area contributed by atoms with Crippen molar-refractivity contribution in [3.8, 4) is 11.1 Å². The fraction of sp³-hybridized carbons (Fsp3) is 0.318. The summed E-state index contributed by atoms with van der Waals surface area (Å²) in [6.45, 7) is 5.94. The molecule has 5 nitrogen and oxygen atoms in total. The van der Waals surface area contributed by atoms with Gasteiger partial charge in [0.25, 0.3) is 0 Å². The topological polar surface area (TPSA) is 61.2 Å². The van der Waals surface area contributed by atoms with Gasteiger partial charge in [-0.2, -0.15) is 0 Å². The second-order valence-corrected chi connectivity index (χ2v) is 7.10. The van der Waals surface area contributed by atoms with Crippen LogP contribution in [0.1, 0.15) is 47.6 Å². The van der Waals surface area contributed by atoms with Crippen molar-refractivity contribution in [3.05, 3.63) is 63.7 Å². The van der Waals surface area contributed by atoms with Gasteiger partial charge in [-0.05, 0) is 69.0 Å². The van der Waals surface area contributed by atoms with Gasteiger partial charge < -0.3 is 9.30 Å². The summed E-state index contributed by atoms with van der Waals surface area (Å²) in [7, 11) is 0. The molecule has 2 aromatic heterocycles. The van der Waals surface area contributed by atoms with Crippen molar-refractivity contribution in [1.29, 1.82) is 0 Å². The van der Waals surface area contributed by atoms with Gasteiger partial charge in [0, 0.05) is 29.0 Å². The fourth-order valence-corrected chi connectivity index (χ4v) is 3.54. The van der Waals surface area contributed by atoms with E-state index in [9.17, 15) is 9.59 Å². The number of fused-ring (bicyclic) bond motifs is 1. The van der Waals surface area contributed by atoms with Crippen LogP contribution in [0.5, 0.6) is 0 Å². The molecular formula is C22H22N2O3. The quantitative estimate of drug-likeness (QED) is 0.653. The number of benzene rings is 1. The zero-order valence-corrected chi connectivity index (χ0v) is 15.8. The highest BCUT2D eigenvalue weighted by Crippen LogP contribution is 2.37. The van der Waals surface area contributed by atoms with Crippen LogP contribution in [-0.2, 0) is 4.74 Å². The zero-order valence-electron chi connectivity index (χ0n) is 15.8. The molecule has 1 aromatic carbocycles. The van der Waals surface area contributed by atoms with Crippen molar-refractivity contribution in [2.45, 2.75) is 39.7 Å². The van der Waals surface area contributed by atoms with Crippen LogP contribution in [0.15, 0.2) is 41.3 Å². The summed E-state index contributed by atoms with van der Waals surface area (Å²) >= 11 is 0. The SMILES string of the molecule is CCOC(=O)c1cn(C2CC2)c2cc(-c3cc(C)nc(C)c3)ccc2c1=O. The van der Waals surface area contributed by atoms with E-state index in [-0.39, 0.29) is 17.6 Å². The predicted octanol–water partition coefficient (Wildman–Crippen LogP) is 4.19. The van der Waals surface area contributed by atoms with Crippen molar-refractivity contribution in [1.82, 2.24) is 9.55 Å². The Hall–Kier alpha value is -2.95. The van der Waals surface area contributed by atoms with Crippen LogP contribution < -0.4 is 5.43 Å². The first-order valence-electron chi connectivity index (χ1n) is 9.29. The first-order chi connectivity index (χ1) is 13.0. The number of rotatable bonds is 4. The monoisotopic (exact) mass is 362 g/mol. The van der Waals surface area contributed by atoms with Gasteiger partial charge in [0.15, 0.2) is 0 Å². The number of carbonyl (C=O) groups excluding carboxylic acids is 1. The molecule has 27 heavy (non-hydrogen) atoms. The molecule has 0 radical (unpaired) electrons. The molecule has 0 spiro atoms. The molecule has 2 heterocycles. The van der Waals surface area contributed by atoms with Crippen molar-refractivity contribution >= 4 is 16.9 Å². The van der Waals surface area contributed by atoms with E-state index in [1.165, 1.54) is 0 Å². The summed E-state index contributed by atoms with van der Waals surface area (Å²) in [5, 5.41) is 0.554.